The van der Waals surface area contributed by atoms with Crippen molar-refractivity contribution in [1.29, 1.82) is 0 Å². The normalized spacial score (nSPS) is 17.4. The van der Waals surface area contributed by atoms with Crippen LogP contribution in [0.4, 0.5) is 0 Å². The molecule has 0 saturated carbocycles. The first-order chi connectivity index (χ1) is 16.1. The average Bonchev–Trinajstić information content (AvgIpc) is 3.10. The lowest BCUT2D eigenvalue weighted by Gasteiger charge is -2.25. The Balaban J connectivity index is 1.76. The molecule has 1 amide bonds. The highest BCUT2D eigenvalue weighted by atomic mass is 16.5. The van der Waals surface area contributed by atoms with E-state index in [4.69, 9.17) is 4.74 Å². The predicted molar refractivity (Wildman–Crippen MR) is 128 cm³/mol. The molecular weight excluding hydrogens is 414 g/mol. The van der Waals surface area contributed by atoms with Gasteiger partial charge in [-0.3, -0.25) is 9.59 Å². The fraction of sp³-hybridized carbons (Fsp3) is 0.214. The molecule has 33 heavy (non-hydrogen) atoms. The van der Waals surface area contributed by atoms with Crippen molar-refractivity contribution >= 4 is 17.4 Å². The second-order valence-corrected chi connectivity index (χ2v) is 8.05. The van der Waals surface area contributed by atoms with Crippen molar-refractivity contribution in [3.8, 4) is 5.75 Å². The van der Waals surface area contributed by atoms with Gasteiger partial charge in [0.2, 0.25) is 0 Å². The molecule has 1 saturated heterocycles. The van der Waals surface area contributed by atoms with Crippen molar-refractivity contribution in [3.05, 3.63) is 107 Å². The van der Waals surface area contributed by atoms with Crippen LogP contribution in [0, 0.1) is 0 Å². The van der Waals surface area contributed by atoms with E-state index < -0.39 is 17.7 Å². The SMILES string of the molecule is CCCCOc1cccc(C(O)=C2C(=O)C(=O)N(Cc3ccccc3)C2c2ccccc2)c1. The van der Waals surface area contributed by atoms with Crippen LogP contribution in [0.25, 0.3) is 5.76 Å². The molecule has 0 aliphatic carbocycles. The monoisotopic (exact) mass is 441 g/mol. The van der Waals surface area contributed by atoms with Gasteiger partial charge in [0, 0.05) is 12.1 Å². The van der Waals surface area contributed by atoms with Gasteiger partial charge in [-0.2, -0.15) is 0 Å². The first-order valence-electron chi connectivity index (χ1n) is 11.2. The summed E-state index contributed by atoms with van der Waals surface area (Å²) >= 11 is 0. The predicted octanol–water partition coefficient (Wildman–Crippen LogP) is 5.49. The summed E-state index contributed by atoms with van der Waals surface area (Å²) < 4.78 is 5.76. The summed E-state index contributed by atoms with van der Waals surface area (Å²) in [5.74, 6) is -0.889. The number of likely N-dealkylation sites (tertiary alicyclic amines) is 1. The number of amides is 1. The molecule has 1 atom stereocenters. The van der Waals surface area contributed by atoms with Crippen LogP contribution in [-0.4, -0.2) is 28.3 Å². The van der Waals surface area contributed by atoms with Gasteiger partial charge in [0.25, 0.3) is 11.7 Å². The highest BCUT2D eigenvalue weighted by molar-refractivity contribution is 6.46. The summed E-state index contributed by atoms with van der Waals surface area (Å²) in [5, 5.41) is 11.2. The zero-order valence-corrected chi connectivity index (χ0v) is 18.6. The molecule has 4 rings (SSSR count). The minimum absolute atomic E-state index is 0.0906. The van der Waals surface area contributed by atoms with Crippen LogP contribution in [0.5, 0.6) is 5.75 Å². The Morgan fingerprint density at radius 1 is 0.939 bits per heavy atom. The number of carbonyl (C=O) groups excluding carboxylic acids is 2. The Morgan fingerprint density at radius 3 is 2.33 bits per heavy atom. The number of nitrogens with zero attached hydrogens (tertiary/aromatic N) is 1. The van der Waals surface area contributed by atoms with Crippen LogP contribution < -0.4 is 4.74 Å². The lowest BCUT2D eigenvalue weighted by molar-refractivity contribution is -0.140. The van der Waals surface area contributed by atoms with Gasteiger partial charge in [0.1, 0.15) is 11.5 Å². The van der Waals surface area contributed by atoms with E-state index in [1.54, 1.807) is 18.2 Å². The molecule has 1 unspecified atom stereocenters. The van der Waals surface area contributed by atoms with Crippen LogP contribution in [0.15, 0.2) is 90.5 Å². The van der Waals surface area contributed by atoms with Crippen molar-refractivity contribution in [1.82, 2.24) is 4.90 Å². The maximum Gasteiger partial charge on any atom is 0.295 e. The van der Waals surface area contributed by atoms with Crippen molar-refractivity contribution in [2.45, 2.75) is 32.4 Å². The van der Waals surface area contributed by atoms with Crippen molar-refractivity contribution in [3.63, 3.8) is 0 Å². The molecule has 1 aliphatic heterocycles. The van der Waals surface area contributed by atoms with E-state index in [0.717, 1.165) is 24.0 Å². The highest BCUT2D eigenvalue weighted by Crippen LogP contribution is 2.40. The third-order valence-electron chi connectivity index (χ3n) is 5.73. The lowest BCUT2D eigenvalue weighted by Crippen LogP contribution is -2.29. The molecule has 1 N–H and O–H groups in total. The maximum absolute atomic E-state index is 13.2. The van der Waals surface area contributed by atoms with Crippen molar-refractivity contribution in [2.24, 2.45) is 0 Å². The van der Waals surface area contributed by atoms with Crippen LogP contribution in [-0.2, 0) is 16.1 Å². The van der Waals surface area contributed by atoms with Gasteiger partial charge in [-0.15, -0.1) is 0 Å². The Hall–Kier alpha value is -3.86. The van der Waals surface area contributed by atoms with E-state index in [1.807, 2.05) is 66.7 Å². The number of ketones is 1. The molecule has 0 bridgehead atoms. The van der Waals surface area contributed by atoms with E-state index >= 15 is 0 Å². The number of carbonyl (C=O) groups is 2. The van der Waals surface area contributed by atoms with E-state index in [-0.39, 0.29) is 17.9 Å². The van der Waals surface area contributed by atoms with E-state index in [0.29, 0.717) is 17.9 Å². The maximum atomic E-state index is 13.2. The van der Waals surface area contributed by atoms with Gasteiger partial charge >= 0.3 is 0 Å². The molecule has 5 nitrogen and oxygen atoms in total. The fourth-order valence-electron chi connectivity index (χ4n) is 4.03. The number of rotatable bonds is 8. The van der Waals surface area contributed by atoms with Gasteiger partial charge in [-0.05, 0) is 29.7 Å². The molecular formula is C28H27NO4. The van der Waals surface area contributed by atoms with Crippen LogP contribution in [0.2, 0.25) is 0 Å². The Labute approximate surface area is 193 Å². The lowest BCUT2D eigenvalue weighted by atomic mass is 9.95. The molecule has 3 aromatic rings. The standard InChI is InChI=1S/C28H27NO4/c1-2-3-17-33-23-16-10-15-22(18-23)26(30)24-25(21-13-8-5-9-14-21)29(28(32)27(24)31)19-20-11-6-4-7-12-20/h4-16,18,25,30H,2-3,17,19H2,1H3. The zero-order valence-electron chi connectivity index (χ0n) is 18.6. The van der Waals surface area contributed by atoms with Crippen molar-refractivity contribution < 1.29 is 19.4 Å². The molecule has 1 fully saturated rings. The molecule has 0 spiro atoms. The highest BCUT2D eigenvalue weighted by Gasteiger charge is 2.46. The van der Waals surface area contributed by atoms with E-state index in [1.165, 1.54) is 4.90 Å². The number of aliphatic hydroxyl groups excluding tert-OH is 1. The number of hydrogen-bond donors (Lipinski definition) is 1. The summed E-state index contributed by atoms with van der Waals surface area (Å²) in [6, 6.07) is 25.2. The fourth-order valence-corrected chi connectivity index (χ4v) is 4.03. The summed E-state index contributed by atoms with van der Waals surface area (Å²) in [6.07, 6.45) is 1.94. The largest absolute Gasteiger partial charge is 0.507 e. The third-order valence-corrected chi connectivity index (χ3v) is 5.73. The van der Waals surface area contributed by atoms with E-state index in [9.17, 15) is 14.7 Å². The minimum Gasteiger partial charge on any atom is -0.507 e. The summed E-state index contributed by atoms with van der Waals surface area (Å²) in [5.41, 5.74) is 2.21. The number of ether oxygens (including phenoxy) is 1. The third kappa shape index (κ3) is 4.82. The summed E-state index contributed by atoms with van der Waals surface area (Å²) in [7, 11) is 0. The van der Waals surface area contributed by atoms with Gasteiger partial charge in [-0.25, -0.2) is 0 Å². The number of hydrogen-bond acceptors (Lipinski definition) is 4. The topological polar surface area (TPSA) is 66.8 Å². The second-order valence-electron chi connectivity index (χ2n) is 8.05. The second kappa shape index (κ2) is 10.2. The number of Topliss-reactive ketones (excluding diaryl/α,β-unsaturated/α-hetero) is 1. The molecule has 1 heterocycles. The smallest absolute Gasteiger partial charge is 0.295 e. The molecule has 0 aromatic heterocycles. The summed E-state index contributed by atoms with van der Waals surface area (Å²) in [4.78, 5) is 27.8. The molecule has 0 radical (unpaired) electrons. The first-order valence-corrected chi connectivity index (χ1v) is 11.2. The van der Waals surface area contributed by atoms with Gasteiger partial charge in [0.15, 0.2) is 0 Å². The summed E-state index contributed by atoms with van der Waals surface area (Å²) in [6.45, 7) is 2.93. The number of unbranched alkanes of at least 4 members (excludes halogenated alkanes) is 1. The zero-order chi connectivity index (χ0) is 23.2. The number of aliphatic hydroxyl groups is 1. The molecule has 5 heteroatoms. The van der Waals surface area contributed by atoms with Crippen LogP contribution >= 0.6 is 0 Å². The Morgan fingerprint density at radius 2 is 1.64 bits per heavy atom. The average molecular weight is 442 g/mol. The van der Waals surface area contributed by atoms with Crippen LogP contribution in [0.1, 0.15) is 42.5 Å². The van der Waals surface area contributed by atoms with Crippen molar-refractivity contribution in [2.75, 3.05) is 6.61 Å². The van der Waals surface area contributed by atoms with Gasteiger partial charge < -0.3 is 14.7 Å². The molecule has 168 valence electrons. The first kappa shape index (κ1) is 22.3. The number of benzene rings is 3. The molecule has 3 aromatic carbocycles. The quantitative estimate of drug-likeness (QED) is 0.217. The Kier molecular flexibility index (Phi) is 6.89. The van der Waals surface area contributed by atoms with Crippen LogP contribution in [0.3, 0.4) is 0 Å². The Bertz CT molecular complexity index is 1150. The molecule has 1 aliphatic rings. The van der Waals surface area contributed by atoms with Gasteiger partial charge in [-0.1, -0.05) is 86.1 Å². The van der Waals surface area contributed by atoms with Gasteiger partial charge in [0.05, 0.1) is 18.2 Å². The van der Waals surface area contributed by atoms with E-state index in [2.05, 4.69) is 6.92 Å². The minimum atomic E-state index is -0.686.